The first-order valence-corrected chi connectivity index (χ1v) is 6.21. The van der Waals surface area contributed by atoms with Crippen LogP contribution in [0.3, 0.4) is 0 Å². The van der Waals surface area contributed by atoms with Crippen LogP contribution in [0.25, 0.3) is 22.2 Å². The number of benzene rings is 2. The molecule has 102 valence electrons. The first-order chi connectivity index (χ1) is 9.86. The summed E-state index contributed by atoms with van der Waals surface area (Å²) >= 11 is 0. The molecule has 3 rings (SSSR count). The Labute approximate surface area is 119 Å². The van der Waals surface area contributed by atoms with Crippen LogP contribution in [0.1, 0.15) is 6.92 Å². The van der Waals surface area contributed by atoms with Crippen LogP contribution in [0.2, 0.25) is 0 Å². The lowest BCUT2D eigenvalue weighted by atomic mass is 10.1. The molecule has 0 aliphatic carbocycles. The highest BCUT2D eigenvalue weighted by Gasteiger charge is 2.08. The van der Waals surface area contributed by atoms with Gasteiger partial charge in [-0.2, -0.15) is 0 Å². The molecule has 0 amide bonds. The fraction of sp³-hybridized carbons (Fsp3) is 0.118. The quantitative estimate of drug-likeness (QED) is 0.683. The van der Waals surface area contributed by atoms with E-state index in [1.807, 2.05) is 54.6 Å². The third-order valence-electron chi connectivity index (χ3n) is 2.42. The number of hydrogen-bond donors (Lipinski definition) is 1. The van der Waals surface area contributed by atoms with Crippen molar-refractivity contribution >= 4 is 11.0 Å². The van der Waals surface area contributed by atoms with Gasteiger partial charge in [-0.3, -0.25) is 0 Å². The van der Waals surface area contributed by atoms with Crippen molar-refractivity contribution in [2.24, 2.45) is 5.73 Å². The summed E-state index contributed by atoms with van der Waals surface area (Å²) in [5.74, 6) is 2.25. The second-order valence-electron chi connectivity index (χ2n) is 3.68. The number of nitrogens with two attached hydrogens (primary N) is 1. The Hall–Kier alpha value is -2.57. The summed E-state index contributed by atoms with van der Waals surface area (Å²) < 4.78 is 5.25. The van der Waals surface area contributed by atoms with Gasteiger partial charge in [0.2, 0.25) is 0 Å². The van der Waals surface area contributed by atoms with Crippen LogP contribution in [-0.2, 0) is 0 Å². The highest BCUT2D eigenvalue weighted by molar-refractivity contribution is 5.91. The van der Waals surface area contributed by atoms with E-state index in [4.69, 9.17) is 4.52 Å². The fourth-order valence-corrected chi connectivity index (χ4v) is 1.69. The summed E-state index contributed by atoms with van der Waals surface area (Å²) in [4.78, 5) is 0. The van der Waals surface area contributed by atoms with Gasteiger partial charge < -0.3 is 10.3 Å². The van der Waals surface area contributed by atoms with E-state index < -0.39 is 0 Å². The number of hydrogen-bond acceptors (Lipinski definition) is 3. The zero-order chi connectivity index (χ0) is 14.8. The SMILES string of the molecule is C#CC.CN.c1ccc(-c2noc3ccccc23)cc1. The molecule has 1 aromatic heterocycles. The molecule has 0 saturated heterocycles. The van der Waals surface area contributed by atoms with Gasteiger partial charge in [0.25, 0.3) is 0 Å². The van der Waals surface area contributed by atoms with Crippen molar-refractivity contribution in [2.45, 2.75) is 6.92 Å². The molecule has 3 heteroatoms. The minimum absolute atomic E-state index is 0.830. The van der Waals surface area contributed by atoms with E-state index in [0.29, 0.717) is 0 Å². The number of fused-ring (bicyclic) bond motifs is 1. The Balaban J connectivity index is 0.000000357. The van der Waals surface area contributed by atoms with Gasteiger partial charge in [0.1, 0.15) is 5.69 Å². The molecule has 0 bridgehead atoms. The van der Waals surface area contributed by atoms with E-state index in [2.05, 4.69) is 23.2 Å². The summed E-state index contributed by atoms with van der Waals surface area (Å²) in [6.07, 6.45) is 4.60. The monoisotopic (exact) mass is 266 g/mol. The van der Waals surface area contributed by atoms with E-state index in [9.17, 15) is 0 Å². The molecule has 0 saturated carbocycles. The maximum atomic E-state index is 5.25. The van der Waals surface area contributed by atoms with Gasteiger partial charge >= 0.3 is 0 Å². The smallest absolute Gasteiger partial charge is 0.167 e. The normalized spacial score (nSPS) is 8.70. The number of rotatable bonds is 1. The predicted molar refractivity (Wildman–Crippen MR) is 84.1 cm³/mol. The van der Waals surface area contributed by atoms with Gasteiger partial charge in [0.15, 0.2) is 5.58 Å². The van der Waals surface area contributed by atoms with E-state index in [-0.39, 0.29) is 0 Å². The van der Waals surface area contributed by atoms with Crippen molar-refractivity contribution in [1.82, 2.24) is 5.16 Å². The van der Waals surface area contributed by atoms with Crippen molar-refractivity contribution in [1.29, 1.82) is 0 Å². The maximum absolute atomic E-state index is 5.25. The highest BCUT2D eigenvalue weighted by atomic mass is 16.5. The molecular formula is C17H18N2O. The van der Waals surface area contributed by atoms with Crippen LogP contribution < -0.4 is 5.73 Å². The van der Waals surface area contributed by atoms with Crippen molar-refractivity contribution < 1.29 is 4.52 Å². The molecule has 2 N–H and O–H groups in total. The number of terminal acetylenes is 1. The van der Waals surface area contributed by atoms with Gasteiger partial charge in [0, 0.05) is 10.9 Å². The molecule has 0 spiro atoms. The van der Waals surface area contributed by atoms with Gasteiger partial charge in [0.05, 0.1) is 0 Å². The molecule has 0 unspecified atom stereocenters. The van der Waals surface area contributed by atoms with Crippen LogP contribution in [0.4, 0.5) is 0 Å². The second-order valence-corrected chi connectivity index (χ2v) is 3.68. The Morgan fingerprint density at radius 1 is 1.00 bits per heavy atom. The zero-order valence-electron chi connectivity index (χ0n) is 11.7. The summed E-state index contributed by atoms with van der Waals surface area (Å²) in [6, 6.07) is 17.9. The highest BCUT2D eigenvalue weighted by Crippen LogP contribution is 2.26. The van der Waals surface area contributed by atoms with Gasteiger partial charge in [-0.15, -0.1) is 12.3 Å². The summed E-state index contributed by atoms with van der Waals surface area (Å²) in [6.45, 7) is 1.65. The lowest BCUT2D eigenvalue weighted by Crippen LogP contribution is -1.76. The Morgan fingerprint density at radius 3 is 2.20 bits per heavy atom. The van der Waals surface area contributed by atoms with Crippen molar-refractivity contribution in [3.8, 4) is 23.6 Å². The van der Waals surface area contributed by atoms with Gasteiger partial charge in [-0.1, -0.05) is 47.6 Å². The van der Waals surface area contributed by atoms with Gasteiger partial charge in [-0.05, 0) is 26.1 Å². The molecule has 0 aliphatic heterocycles. The Kier molecular flexibility index (Phi) is 6.60. The van der Waals surface area contributed by atoms with E-state index in [0.717, 1.165) is 22.2 Å². The molecule has 0 radical (unpaired) electrons. The van der Waals surface area contributed by atoms with Crippen molar-refractivity contribution in [2.75, 3.05) is 7.05 Å². The average Bonchev–Trinajstić information content (AvgIpc) is 2.95. The zero-order valence-corrected chi connectivity index (χ0v) is 11.7. The first kappa shape index (κ1) is 15.5. The standard InChI is InChI=1S/C13H9NO.C3H4.CH5N/c1-2-6-10(7-3-1)13-11-8-4-5-9-12(11)15-14-13;1-3-2;1-2/h1-9H;1H,2H3;2H2,1H3. The topological polar surface area (TPSA) is 52.0 Å². The molecule has 0 atom stereocenters. The summed E-state index contributed by atoms with van der Waals surface area (Å²) in [5.41, 5.74) is 7.32. The van der Waals surface area contributed by atoms with E-state index in [1.165, 1.54) is 7.05 Å². The molecule has 3 aromatic rings. The third kappa shape index (κ3) is 3.71. The first-order valence-electron chi connectivity index (χ1n) is 6.21. The Bertz CT molecular complexity index is 666. The largest absolute Gasteiger partial charge is 0.356 e. The molecule has 0 fully saturated rings. The summed E-state index contributed by atoms with van der Waals surface area (Å²) in [5, 5.41) is 5.15. The van der Waals surface area contributed by atoms with E-state index in [1.54, 1.807) is 6.92 Å². The minimum Gasteiger partial charge on any atom is -0.356 e. The Morgan fingerprint density at radius 2 is 1.55 bits per heavy atom. The van der Waals surface area contributed by atoms with E-state index >= 15 is 0 Å². The molecule has 1 heterocycles. The average molecular weight is 266 g/mol. The molecule has 20 heavy (non-hydrogen) atoms. The van der Waals surface area contributed by atoms with Crippen molar-refractivity contribution in [3.05, 3.63) is 54.6 Å². The second kappa shape index (κ2) is 8.52. The lowest BCUT2D eigenvalue weighted by molar-refractivity contribution is 0.459. The third-order valence-corrected chi connectivity index (χ3v) is 2.42. The van der Waals surface area contributed by atoms with Crippen LogP contribution in [0, 0.1) is 12.3 Å². The summed E-state index contributed by atoms with van der Waals surface area (Å²) in [7, 11) is 1.50. The maximum Gasteiger partial charge on any atom is 0.167 e. The molecule has 0 aliphatic rings. The van der Waals surface area contributed by atoms with Crippen LogP contribution in [-0.4, -0.2) is 12.2 Å². The molecule has 2 aromatic carbocycles. The van der Waals surface area contributed by atoms with Crippen LogP contribution >= 0.6 is 0 Å². The van der Waals surface area contributed by atoms with Crippen molar-refractivity contribution in [3.63, 3.8) is 0 Å². The van der Waals surface area contributed by atoms with Crippen LogP contribution in [0.5, 0.6) is 0 Å². The molecule has 3 nitrogen and oxygen atoms in total. The number of aromatic nitrogens is 1. The number of nitrogens with zero attached hydrogens (tertiary/aromatic N) is 1. The fourth-order valence-electron chi connectivity index (χ4n) is 1.69. The number of para-hydroxylation sites is 1. The predicted octanol–water partition coefficient (Wildman–Crippen LogP) is 3.71. The lowest BCUT2D eigenvalue weighted by Gasteiger charge is -1.94. The molecular weight excluding hydrogens is 248 g/mol. The minimum atomic E-state index is 0.830. The van der Waals surface area contributed by atoms with Gasteiger partial charge in [-0.25, -0.2) is 0 Å². The van der Waals surface area contributed by atoms with Crippen LogP contribution in [0.15, 0.2) is 59.1 Å².